The van der Waals surface area contributed by atoms with E-state index < -0.39 is 0 Å². The van der Waals surface area contributed by atoms with Crippen molar-refractivity contribution in [3.05, 3.63) is 57.5 Å². The molecule has 1 aliphatic heterocycles. The van der Waals surface area contributed by atoms with Crippen molar-refractivity contribution in [1.82, 2.24) is 20.4 Å². The third-order valence-corrected chi connectivity index (χ3v) is 4.87. The molecule has 0 aliphatic carbocycles. The van der Waals surface area contributed by atoms with E-state index in [1.165, 1.54) is 5.56 Å². The maximum Gasteiger partial charge on any atom is 0.267 e. The lowest BCUT2D eigenvalue weighted by molar-refractivity contribution is -0.120. The largest absolute Gasteiger partial charge is 0.355 e. The number of aromatic nitrogens is 2. The lowest BCUT2D eigenvalue weighted by Gasteiger charge is -2.32. The van der Waals surface area contributed by atoms with Crippen molar-refractivity contribution in [2.75, 3.05) is 19.6 Å². The second-order valence-electron chi connectivity index (χ2n) is 6.89. The number of amides is 1. The van der Waals surface area contributed by atoms with Gasteiger partial charge in [-0.3, -0.25) is 19.6 Å². The number of piperidine rings is 1. The highest BCUT2D eigenvalue weighted by atomic mass is 16.2. The van der Waals surface area contributed by atoms with Crippen molar-refractivity contribution in [3.63, 3.8) is 0 Å². The van der Waals surface area contributed by atoms with E-state index in [2.05, 4.69) is 44.7 Å². The van der Waals surface area contributed by atoms with E-state index >= 15 is 0 Å². The SMILES string of the molecule is Cc1[nH][nH]c(=O)c1CC(=O)NCC1CCCN(Cc2ccccc2)C1. The number of H-pyrrole nitrogens is 2. The van der Waals surface area contributed by atoms with Crippen LogP contribution in [0.3, 0.4) is 0 Å². The van der Waals surface area contributed by atoms with Gasteiger partial charge < -0.3 is 10.4 Å². The number of hydrogen-bond acceptors (Lipinski definition) is 3. The zero-order chi connectivity index (χ0) is 17.6. The summed E-state index contributed by atoms with van der Waals surface area (Å²) in [6.07, 6.45) is 2.42. The number of aryl methyl sites for hydroxylation is 1. The Morgan fingerprint density at radius 2 is 2.08 bits per heavy atom. The molecular formula is C19H26N4O2. The molecule has 0 spiro atoms. The number of likely N-dealkylation sites (tertiary alicyclic amines) is 1. The van der Waals surface area contributed by atoms with Crippen LogP contribution in [0.25, 0.3) is 0 Å². The van der Waals surface area contributed by atoms with Gasteiger partial charge in [-0.05, 0) is 37.8 Å². The molecule has 1 aliphatic rings. The van der Waals surface area contributed by atoms with Gasteiger partial charge in [-0.2, -0.15) is 0 Å². The van der Waals surface area contributed by atoms with Crippen molar-refractivity contribution >= 4 is 5.91 Å². The highest BCUT2D eigenvalue weighted by Gasteiger charge is 2.21. The summed E-state index contributed by atoms with van der Waals surface area (Å²) in [5.41, 5.74) is 2.37. The molecule has 1 fully saturated rings. The van der Waals surface area contributed by atoms with Crippen LogP contribution >= 0.6 is 0 Å². The molecule has 2 heterocycles. The molecule has 3 rings (SSSR count). The van der Waals surface area contributed by atoms with Crippen LogP contribution < -0.4 is 10.9 Å². The molecule has 6 nitrogen and oxygen atoms in total. The highest BCUT2D eigenvalue weighted by molar-refractivity contribution is 5.78. The number of hydrogen-bond donors (Lipinski definition) is 3. The molecule has 1 atom stereocenters. The van der Waals surface area contributed by atoms with Crippen molar-refractivity contribution in [2.24, 2.45) is 5.92 Å². The predicted octanol–water partition coefficient (Wildman–Crippen LogP) is 1.58. The molecule has 0 bridgehead atoms. The first-order valence-electron chi connectivity index (χ1n) is 8.91. The van der Waals surface area contributed by atoms with Gasteiger partial charge in [-0.1, -0.05) is 30.3 Å². The molecule has 1 unspecified atom stereocenters. The molecule has 1 aromatic carbocycles. The first kappa shape index (κ1) is 17.5. The Morgan fingerprint density at radius 3 is 2.80 bits per heavy atom. The minimum absolute atomic E-state index is 0.0895. The van der Waals surface area contributed by atoms with Crippen molar-refractivity contribution in [1.29, 1.82) is 0 Å². The molecule has 134 valence electrons. The first-order chi connectivity index (χ1) is 12.1. The van der Waals surface area contributed by atoms with Crippen LogP contribution in [0, 0.1) is 12.8 Å². The summed E-state index contributed by atoms with van der Waals surface area (Å²) in [7, 11) is 0. The summed E-state index contributed by atoms with van der Waals surface area (Å²) in [5, 5.41) is 8.26. The summed E-state index contributed by atoms with van der Waals surface area (Å²) < 4.78 is 0. The second kappa shape index (κ2) is 8.16. The van der Waals surface area contributed by atoms with Gasteiger partial charge >= 0.3 is 0 Å². The second-order valence-corrected chi connectivity index (χ2v) is 6.89. The Hall–Kier alpha value is -2.34. The topological polar surface area (TPSA) is 81.0 Å². The normalized spacial score (nSPS) is 18.2. The number of nitrogens with zero attached hydrogens (tertiary/aromatic N) is 1. The Morgan fingerprint density at radius 1 is 1.28 bits per heavy atom. The van der Waals surface area contributed by atoms with Gasteiger partial charge in [0.15, 0.2) is 0 Å². The number of aromatic amines is 2. The highest BCUT2D eigenvalue weighted by Crippen LogP contribution is 2.18. The molecule has 6 heteroatoms. The minimum Gasteiger partial charge on any atom is -0.355 e. The van der Waals surface area contributed by atoms with Crippen LogP contribution in [-0.2, 0) is 17.8 Å². The van der Waals surface area contributed by atoms with E-state index in [1.807, 2.05) is 6.07 Å². The van der Waals surface area contributed by atoms with Crippen LogP contribution in [0.15, 0.2) is 35.1 Å². The lowest BCUT2D eigenvalue weighted by Crippen LogP contribution is -2.41. The van der Waals surface area contributed by atoms with Crippen LogP contribution in [0.1, 0.15) is 29.7 Å². The maximum atomic E-state index is 12.1. The van der Waals surface area contributed by atoms with Gasteiger partial charge in [0.1, 0.15) is 0 Å². The fourth-order valence-electron chi connectivity index (χ4n) is 3.47. The molecule has 25 heavy (non-hydrogen) atoms. The Labute approximate surface area is 147 Å². The third kappa shape index (κ3) is 4.82. The number of benzene rings is 1. The summed E-state index contributed by atoms with van der Waals surface area (Å²) in [6.45, 7) is 5.54. The van der Waals surface area contributed by atoms with E-state index in [9.17, 15) is 9.59 Å². The summed E-state index contributed by atoms with van der Waals surface area (Å²) >= 11 is 0. The minimum atomic E-state index is -0.209. The molecule has 0 radical (unpaired) electrons. The molecule has 0 saturated carbocycles. The average molecular weight is 342 g/mol. The third-order valence-electron chi connectivity index (χ3n) is 4.87. The number of rotatable bonds is 6. The van der Waals surface area contributed by atoms with Crippen LogP contribution in [-0.4, -0.2) is 40.6 Å². The predicted molar refractivity (Wildman–Crippen MR) is 97.3 cm³/mol. The van der Waals surface area contributed by atoms with E-state index in [0.29, 0.717) is 18.0 Å². The zero-order valence-electron chi connectivity index (χ0n) is 14.7. The van der Waals surface area contributed by atoms with Gasteiger partial charge in [-0.25, -0.2) is 0 Å². The summed E-state index contributed by atoms with van der Waals surface area (Å²) in [5.74, 6) is 0.375. The Balaban J connectivity index is 1.46. The number of carbonyl (C=O) groups is 1. The standard InChI is InChI=1S/C19H26N4O2/c1-14-17(19(25)22-21-14)10-18(24)20-11-16-8-5-9-23(13-16)12-15-6-3-2-4-7-15/h2-4,6-7,16H,5,8-13H2,1H3,(H,20,24)(H2,21,22,25). The molecule has 3 N–H and O–H groups in total. The van der Waals surface area contributed by atoms with E-state index in [1.54, 1.807) is 6.92 Å². The zero-order valence-corrected chi connectivity index (χ0v) is 14.7. The first-order valence-corrected chi connectivity index (χ1v) is 8.91. The Kier molecular flexibility index (Phi) is 5.71. The quantitative estimate of drug-likeness (QED) is 0.746. The summed E-state index contributed by atoms with van der Waals surface area (Å²) in [4.78, 5) is 26.2. The van der Waals surface area contributed by atoms with Crippen molar-refractivity contribution in [3.8, 4) is 0 Å². The van der Waals surface area contributed by atoms with Gasteiger partial charge in [-0.15, -0.1) is 0 Å². The number of nitrogens with one attached hydrogen (secondary N) is 3. The van der Waals surface area contributed by atoms with Gasteiger partial charge in [0, 0.05) is 30.9 Å². The molecule has 1 aromatic heterocycles. The Bertz CT molecular complexity index is 750. The molecule has 1 saturated heterocycles. The van der Waals surface area contributed by atoms with E-state index in [0.717, 1.165) is 38.2 Å². The maximum absolute atomic E-state index is 12.1. The fraction of sp³-hybridized carbons (Fsp3) is 0.474. The van der Waals surface area contributed by atoms with Crippen molar-refractivity contribution < 1.29 is 4.79 Å². The average Bonchev–Trinajstić information content (AvgIpc) is 2.93. The fourth-order valence-corrected chi connectivity index (χ4v) is 3.47. The van der Waals surface area contributed by atoms with Crippen LogP contribution in [0.2, 0.25) is 0 Å². The summed E-state index contributed by atoms with van der Waals surface area (Å²) in [6, 6.07) is 10.5. The molecule has 1 amide bonds. The lowest BCUT2D eigenvalue weighted by atomic mass is 9.97. The van der Waals surface area contributed by atoms with E-state index in [4.69, 9.17) is 0 Å². The molecule has 2 aromatic rings. The van der Waals surface area contributed by atoms with Crippen LogP contribution in [0.4, 0.5) is 0 Å². The van der Waals surface area contributed by atoms with Crippen LogP contribution in [0.5, 0.6) is 0 Å². The number of carbonyl (C=O) groups excluding carboxylic acids is 1. The van der Waals surface area contributed by atoms with E-state index in [-0.39, 0.29) is 17.9 Å². The van der Waals surface area contributed by atoms with Gasteiger partial charge in [0.25, 0.3) is 5.56 Å². The van der Waals surface area contributed by atoms with Crippen molar-refractivity contribution in [2.45, 2.75) is 32.7 Å². The van der Waals surface area contributed by atoms with Gasteiger partial charge in [0.2, 0.25) is 5.91 Å². The molecular weight excluding hydrogens is 316 g/mol. The smallest absolute Gasteiger partial charge is 0.267 e. The monoisotopic (exact) mass is 342 g/mol. The van der Waals surface area contributed by atoms with Gasteiger partial charge in [0.05, 0.1) is 6.42 Å².